The summed E-state index contributed by atoms with van der Waals surface area (Å²) in [6, 6.07) is 8.39. The Labute approximate surface area is 133 Å². The lowest BCUT2D eigenvalue weighted by Crippen LogP contribution is -2.44. The highest BCUT2D eigenvalue weighted by Gasteiger charge is 2.26. The number of hydrogen-bond acceptors (Lipinski definition) is 4. The van der Waals surface area contributed by atoms with Crippen molar-refractivity contribution in [3.8, 4) is 0 Å². The van der Waals surface area contributed by atoms with E-state index < -0.39 is 0 Å². The van der Waals surface area contributed by atoms with Crippen LogP contribution in [0, 0.1) is 0 Å². The van der Waals surface area contributed by atoms with Crippen molar-refractivity contribution < 1.29 is 9.53 Å². The first kappa shape index (κ1) is 14.8. The molecule has 1 aliphatic heterocycles. The van der Waals surface area contributed by atoms with Crippen LogP contribution in [0.3, 0.4) is 0 Å². The van der Waals surface area contributed by atoms with Gasteiger partial charge >= 0.3 is 0 Å². The van der Waals surface area contributed by atoms with Gasteiger partial charge in [-0.05, 0) is 42.2 Å². The Hall–Kier alpha value is -1.17. The topological polar surface area (TPSA) is 29.5 Å². The summed E-state index contributed by atoms with van der Waals surface area (Å²) >= 11 is 3.29. The average molecular weight is 321 g/mol. The van der Waals surface area contributed by atoms with E-state index in [4.69, 9.17) is 4.74 Å². The molecule has 1 aliphatic rings. The molecule has 0 aromatic carbocycles. The Kier molecular flexibility index (Phi) is 5.06. The molecule has 1 saturated heterocycles. The highest BCUT2D eigenvalue weighted by Crippen LogP contribution is 2.21. The molecule has 0 N–H and O–H groups in total. The van der Waals surface area contributed by atoms with Crippen molar-refractivity contribution in [2.75, 3.05) is 19.8 Å². The summed E-state index contributed by atoms with van der Waals surface area (Å²) in [6.07, 6.45) is 2.83. The summed E-state index contributed by atoms with van der Waals surface area (Å²) in [5, 5.41) is 4.06. The highest BCUT2D eigenvalue weighted by atomic mass is 32.1. The van der Waals surface area contributed by atoms with Crippen molar-refractivity contribution >= 4 is 28.6 Å². The summed E-state index contributed by atoms with van der Waals surface area (Å²) in [4.78, 5) is 17.0. The molecule has 0 saturated carbocycles. The Balaban J connectivity index is 1.71. The molecular weight excluding hydrogens is 302 g/mol. The molecule has 1 fully saturated rings. The monoisotopic (exact) mass is 321 g/mol. The first-order valence-electron chi connectivity index (χ1n) is 7.29. The minimum Gasteiger partial charge on any atom is -0.381 e. The van der Waals surface area contributed by atoms with E-state index in [1.165, 1.54) is 16.2 Å². The van der Waals surface area contributed by atoms with E-state index in [0.717, 1.165) is 43.9 Å². The number of ether oxygens (including phenoxy) is 1. The van der Waals surface area contributed by atoms with Gasteiger partial charge < -0.3 is 9.64 Å². The second-order valence-corrected chi connectivity index (χ2v) is 7.13. The van der Waals surface area contributed by atoms with E-state index in [0.29, 0.717) is 6.04 Å². The van der Waals surface area contributed by atoms with E-state index in [-0.39, 0.29) is 5.91 Å². The number of rotatable bonds is 5. The maximum atomic E-state index is 12.8. The van der Waals surface area contributed by atoms with Crippen molar-refractivity contribution in [2.24, 2.45) is 0 Å². The van der Waals surface area contributed by atoms with Gasteiger partial charge in [-0.1, -0.05) is 12.1 Å². The van der Waals surface area contributed by atoms with Crippen LogP contribution >= 0.6 is 22.7 Å². The highest BCUT2D eigenvalue weighted by molar-refractivity contribution is 7.12. The molecule has 21 heavy (non-hydrogen) atoms. The van der Waals surface area contributed by atoms with Crippen LogP contribution in [0.2, 0.25) is 0 Å². The van der Waals surface area contributed by atoms with Gasteiger partial charge in [0.05, 0.1) is 4.88 Å². The maximum absolute atomic E-state index is 12.8. The third-order valence-corrected chi connectivity index (χ3v) is 5.60. The van der Waals surface area contributed by atoms with Crippen LogP contribution in [0.15, 0.2) is 35.0 Å². The lowest BCUT2D eigenvalue weighted by atomic mass is 10.1. The van der Waals surface area contributed by atoms with E-state index in [1.54, 1.807) is 11.3 Å². The van der Waals surface area contributed by atoms with Crippen LogP contribution in [-0.4, -0.2) is 36.6 Å². The Morgan fingerprint density at radius 3 is 2.62 bits per heavy atom. The molecule has 112 valence electrons. The standard InChI is InChI=1S/C16H19NO2S2/c18-16(15-4-2-12-21-15)17(13-6-9-19-10-7-13)8-5-14-3-1-11-20-14/h1-4,11-13H,5-10H2. The normalized spacial score (nSPS) is 16.0. The van der Waals surface area contributed by atoms with E-state index >= 15 is 0 Å². The molecule has 0 aliphatic carbocycles. The largest absolute Gasteiger partial charge is 0.381 e. The Morgan fingerprint density at radius 2 is 1.95 bits per heavy atom. The third kappa shape index (κ3) is 3.73. The smallest absolute Gasteiger partial charge is 0.264 e. The summed E-state index contributed by atoms with van der Waals surface area (Å²) < 4.78 is 5.44. The summed E-state index contributed by atoms with van der Waals surface area (Å²) in [5.41, 5.74) is 0. The Bertz CT molecular complexity index is 545. The van der Waals surface area contributed by atoms with E-state index in [2.05, 4.69) is 22.4 Å². The second kappa shape index (κ2) is 7.20. The summed E-state index contributed by atoms with van der Waals surface area (Å²) in [5.74, 6) is 0.174. The van der Waals surface area contributed by atoms with Gasteiger partial charge in [-0.15, -0.1) is 22.7 Å². The van der Waals surface area contributed by atoms with Gasteiger partial charge in [-0.25, -0.2) is 0 Å². The lowest BCUT2D eigenvalue weighted by molar-refractivity contribution is 0.0297. The number of nitrogens with zero attached hydrogens (tertiary/aromatic N) is 1. The molecule has 0 atom stereocenters. The second-order valence-electron chi connectivity index (χ2n) is 5.15. The zero-order valence-electron chi connectivity index (χ0n) is 11.9. The quantitative estimate of drug-likeness (QED) is 0.841. The van der Waals surface area contributed by atoms with Gasteiger partial charge in [0.2, 0.25) is 0 Å². The molecule has 3 rings (SSSR count). The van der Waals surface area contributed by atoms with Gasteiger partial charge in [0, 0.05) is 30.7 Å². The summed E-state index contributed by atoms with van der Waals surface area (Å²) in [7, 11) is 0. The minimum atomic E-state index is 0.174. The molecule has 3 nitrogen and oxygen atoms in total. The van der Waals surface area contributed by atoms with Crippen molar-refractivity contribution in [3.63, 3.8) is 0 Å². The fraction of sp³-hybridized carbons (Fsp3) is 0.438. The van der Waals surface area contributed by atoms with Gasteiger partial charge in [0.1, 0.15) is 0 Å². The maximum Gasteiger partial charge on any atom is 0.264 e. The molecule has 0 unspecified atom stereocenters. The SMILES string of the molecule is O=C(c1cccs1)N(CCc1cccs1)C1CCOCC1. The fourth-order valence-electron chi connectivity index (χ4n) is 2.67. The third-order valence-electron chi connectivity index (χ3n) is 3.80. The first-order valence-corrected chi connectivity index (χ1v) is 9.05. The van der Waals surface area contributed by atoms with Gasteiger partial charge in [-0.2, -0.15) is 0 Å². The molecular formula is C16H19NO2S2. The predicted molar refractivity (Wildman–Crippen MR) is 87.2 cm³/mol. The van der Waals surface area contributed by atoms with E-state index in [1.807, 2.05) is 17.5 Å². The first-order chi connectivity index (χ1) is 10.3. The van der Waals surface area contributed by atoms with Crippen molar-refractivity contribution in [1.82, 2.24) is 4.90 Å². The molecule has 5 heteroatoms. The minimum absolute atomic E-state index is 0.174. The van der Waals surface area contributed by atoms with Crippen LogP contribution in [0.25, 0.3) is 0 Å². The molecule has 2 aromatic rings. The van der Waals surface area contributed by atoms with Crippen LogP contribution < -0.4 is 0 Å². The number of hydrogen-bond donors (Lipinski definition) is 0. The van der Waals surface area contributed by atoms with Crippen LogP contribution in [0.4, 0.5) is 0 Å². The van der Waals surface area contributed by atoms with Crippen molar-refractivity contribution in [1.29, 1.82) is 0 Å². The fourth-order valence-corrected chi connectivity index (χ4v) is 4.05. The van der Waals surface area contributed by atoms with Crippen molar-refractivity contribution in [3.05, 3.63) is 44.8 Å². The van der Waals surface area contributed by atoms with Crippen LogP contribution in [0.5, 0.6) is 0 Å². The molecule has 0 radical (unpaired) electrons. The van der Waals surface area contributed by atoms with Crippen LogP contribution in [0.1, 0.15) is 27.4 Å². The molecule has 0 bridgehead atoms. The van der Waals surface area contributed by atoms with Crippen LogP contribution in [-0.2, 0) is 11.2 Å². The van der Waals surface area contributed by atoms with Gasteiger partial charge in [-0.3, -0.25) is 4.79 Å². The zero-order valence-corrected chi connectivity index (χ0v) is 13.5. The lowest BCUT2D eigenvalue weighted by Gasteiger charge is -2.34. The average Bonchev–Trinajstić information content (AvgIpc) is 3.22. The molecule has 3 heterocycles. The number of carbonyl (C=O) groups is 1. The van der Waals surface area contributed by atoms with E-state index in [9.17, 15) is 4.79 Å². The van der Waals surface area contributed by atoms with Gasteiger partial charge in [0.25, 0.3) is 5.91 Å². The number of thiophene rings is 2. The molecule has 2 aromatic heterocycles. The molecule has 1 amide bonds. The zero-order chi connectivity index (χ0) is 14.5. The summed E-state index contributed by atoms with van der Waals surface area (Å²) in [6.45, 7) is 2.32. The molecule has 0 spiro atoms. The number of amides is 1. The van der Waals surface area contributed by atoms with Gasteiger partial charge in [0.15, 0.2) is 0 Å². The Morgan fingerprint density at radius 1 is 1.19 bits per heavy atom. The number of carbonyl (C=O) groups excluding carboxylic acids is 1. The predicted octanol–water partition coefficient (Wildman–Crippen LogP) is 3.67. The van der Waals surface area contributed by atoms with Crippen molar-refractivity contribution in [2.45, 2.75) is 25.3 Å².